The normalized spacial score (nSPS) is 11.5. The van der Waals surface area contributed by atoms with E-state index < -0.39 is 17.2 Å². The monoisotopic (exact) mass is 239 g/mol. The van der Waals surface area contributed by atoms with E-state index in [2.05, 4.69) is 4.98 Å². The molecule has 0 bridgehead atoms. The van der Waals surface area contributed by atoms with Crippen LogP contribution in [0.25, 0.3) is 11.1 Å². The second kappa shape index (κ2) is 4.08. The van der Waals surface area contributed by atoms with Crippen molar-refractivity contribution in [1.82, 2.24) is 4.98 Å². The second-order valence-electron chi connectivity index (χ2n) is 3.47. The summed E-state index contributed by atoms with van der Waals surface area (Å²) in [7, 11) is 0. The van der Waals surface area contributed by atoms with Gasteiger partial charge >= 0.3 is 6.18 Å². The Bertz CT molecular complexity index is 587. The molecule has 0 aliphatic carbocycles. The lowest BCUT2D eigenvalue weighted by Crippen LogP contribution is -2.10. The summed E-state index contributed by atoms with van der Waals surface area (Å²) in [6.07, 6.45) is -1.83. The molecule has 2 nitrogen and oxygen atoms in total. The van der Waals surface area contributed by atoms with Crippen molar-refractivity contribution in [3.05, 3.63) is 58.5 Å². The van der Waals surface area contributed by atoms with Gasteiger partial charge in [0.05, 0.1) is 5.56 Å². The number of benzene rings is 1. The minimum Gasteiger partial charge on any atom is -0.367 e. The fourth-order valence-corrected chi connectivity index (χ4v) is 1.59. The molecule has 2 rings (SSSR count). The highest BCUT2D eigenvalue weighted by atomic mass is 19.4. The van der Waals surface area contributed by atoms with Crippen molar-refractivity contribution >= 4 is 0 Å². The zero-order chi connectivity index (χ0) is 12.5. The summed E-state index contributed by atoms with van der Waals surface area (Å²) in [4.78, 5) is 14.1. The molecule has 1 aromatic carbocycles. The molecule has 1 heterocycles. The lowest BCUT2D eigenvalue weighted by Gasteiger charge is -2.11. The first-order valence-corrected chi connectivity index (χ1v) is 4.84. The van der Waals surface area contributed by atoms with Gasteiger partial charge in [0, 0.05) is 24.0 Å². The second-order valence-corrected chi connectivity index (χ2v) is 3.47. The molecule has 0 fully saturated rings. The molecular weight excluding hydrogens is 231 g/mol. The van der Waals surface area contributed by atoms with Crippen LogP contribution in [-0.2, 0) is 6.18 Å². The van der Waals surface area contributed by atoms with Gasteiger partial charge in [-0.2, -0.15) is 13.2 Å². The molecule has 0 radical (unpaired) electrons. The van der Waals surface area contributed by atoms with E-state index in [-0.39, 0.29) is 11.1 Å². The summed E-state index contributed by atoms with van der Waals surface area (Å²) in [5, 5.41) is 0. The molecule has 17 heavy (non-hydrogen) atoms. The smallest absolute Gasteiger partial charge is 0.367 e. The van der Waals surface area contributed by atoms with Gasteiger partial charge in [-0.15, -0.1) is 0 Å². The van der Waals surface area contributed by atoms with Crippen molar-refractivity contribution < 1.29 is 13.2 Å². The highest BCUT2D eigenvalue weighted by molar-refractivity contribution is 5.66. The third kappa shape index (κ3) is 2.22. The number of aromatic nitrogens is 1. The number of halogens is 3. The Hall–Kier alpha value is -2.04. The first-order valence-electron chi connectivity index (χ1n) is 4.84. The van der Waals surface area contributed by atoms with Crippen molar-refractivity contribution in [2.24, 2.45) is 0 Å². The van der Waals surface area contributed by atoms with E-state index in [0.717, 1.165) is 6.07 Å². The number of aromatic amines is 1. The van der Waals surface area contributed by atoms with E-state index in [4.69, 9.17) is 0 Å². The molecule has 0 aliphatic rings. The zero-order valence-corrected chi connectivity index (χ0v) is 8.58. The van der Waals surface area contributed by atoms with Crippen LogP contribution in [0.2, 0.25) is 0 Å². The predicted molar refractivity (Wildman–Crippen MR) is 57.5 cm³/mol. The predicted octanol–water partition coefficient (Wildman–Crippen LogP) is 3.06. The van der Waals surface area contributed by atoms with Crippen molar-refractivity contribution in [3.8, 4) is 11.1 Å². The number of hydrogen-bond donors (Lipinski definition) is 1. The lowest BCUT2D eigenvalue weighted by atomic mass is 10.0. The minimum absolute atomic E-state index is 0.0143. The fourth-order valence-electron chi connectivity index (χ4n) is 1.59. The van der Waals surface area contributed by atoms with Gasteiger partial charge in [-0.3, -0.25) is 4.79 Å². The van der Waals surface area contributed by atoms with E-state index >= 15 is 0 Å². The number of pyridine rings is 1. The van der Waals surface area contributed by atoms with Gasteiger partial charge in [0.2, 0.25) is 0 Å². The first kappa shape index (κ1) is 11.4. The molecule has 88 valence electrons. The van der Waals surface area contributed by atoms with Gasteiger partial charge in [0.1, 0.15) is 0 Å². The third-order valence-corrected chi connectivity index (χ3v) is 2.35. The molecule has 0 saturated heterocycles. The van der Waals surface area contributed by atoms with Gasteiger partial charge in [-0.1, -0.05) is 18.2 Å². The molecule has 0 amide bonds. The van der Waals surface area contributed by atoms with Crippen LogP contribution in [0.5, 0.6) is 0 Å². The molecule has 1 aromatic heterocycles. The highest BCUT2D eigenvalue weighted by Crippen LogP contribution is 2.35. The average Bonchev–Trinajstić information content (AvgIpc) is 2.28. The van der Waals surface area contributed by atoms with Gasteiger partial charge in [-0.25, -0.2) is 0 Å². The summed E-state index contributed by atoms with van der Waals surface area (Å²) in [5.41, 5.74) is -1.35. The number of rotatable bonds is 1. The van der Waals surface area contributed by atoms with Crippen LogP contribution in [0.3, 0.4) is 0 Å². The first-order chi connectivity index (χ1) is 8.00. The lowest BCUT2D eigenvalue weighted by molar-refractivity contribution is -0.137. The molecular formula is C12H8F3NO. The van der Waals surface area contributed by atoms with Crippen molar-refractivity contribution in [2.45, 2.75) is 6.18 Å². The fraction of sp³-hybridized carbons (Fsp3) is 0.0833. The molecule has 0 unspecified atom stereocenters. The van der Waals surface area contributed by atoms with E-state index in [9.17, 15) is 18.0 Å². The highest BCUT2D eigenvalue weighted by Gasteiger charge is 2.33. The van der Waals surface area contributed by atoms with Crippen LogP contribution >= 0.6 is 0 Å². The zero-order valence-electron chi connectivity index (χ0n) is 8.58. The Morgan fingerprint density at radius 2 is 1.71 bits per heavy atom. The van der Waals surface area contributed by atoms with Crippen LogP contribution in [0.15, 0.2) is 47.5 Å². The van der Waals surface area contributed by atoms with Crippen LogP contribution < -0.4 is 5.43 Å². The van der Waals surface area contributed by atoms with Gasteiger partial charge in [0.15, 0.2) is 5.43 Å². The Kier molecular flexibility index (Phi) is 2.75. The average molecular weight is 239 g/mol. The van der Waals surface area contributed by atoms with Gasteiger partial charge in [0.25, 0.3) is 0 Å². The topological polar surface area (TPSA) is 32.9 Å². The number of alkyl halides is 3. The Balaban J connectivity index is 2.69. The maximum absolute atomic E-state index is 12.8. The van der Waals surface area contributed by atoms with Crippen molar-refractivity contribution in [3.63, 3.8) is 0 Å². The molecule has 5 heteroatoms. The van der Waals surface area contributed by atoms with Crippen LogP contribution in [0.4, 0.5) is 13.2 Å². The quantitative estimate of drug-likeness (QED) is 0.815. The third-order valence-electron chi connectivity index (χ3n) is 2.35. The molecule has 1 N–H and O–H groups in total. The molecule has 0 saturated carbocycles. The van der Waals surface area contributed by atoms with E-state index in [1.807, 2.05) is 0 Å². The Morgan fingerprint density at radius 3 is 2.35 bits per heavy atom. The Labute approximate surface area is 94.7 Å². The molecule has 0 aliphatic heterocycles. The van der Waals surface area contributed by atoms with Crippen LogP contribution in [0, 0.1) is 0 Å². The van der Waals surface area contributed by atoms with E-state index in [1.165, 1.54) is 36.7 Å². The molecule has 2 aromatic rings. The van der Waals surface area contributed by atoms with Gasteiger partial charge < -0.3 is 4.98 Å². The van der Waals surface area contributed by atoms with Crippen molar-refractivity contribution in [1.29, 1.82) is 0 Å². The SMILES string of the molecule is O=c1cc[nH]cc1-c1ccccc1C(F)(F)F. The van der Waals surface area contributed by atoms with E-state index in [1.54, 1.807) is 0 Å². The summed E-state index contributed by atoms with van der Waals surface area (Å²) in [6.45, 7) is 0. The Morgan fingerprint density at radius 1 is 1.00 bits per heavy atom. The number of nitrogens with one attached hydrogen (secondary N) is 1. The van der Waals surface area contributed by atoms with Crippen molar-refractivity contribution in [2.75, 3.05) is 0 Å². The van der Waals surface area contributed by atoms with Crippen LogP contribution in [-0.4, -0.2) is 4.98 Å². The summed E-state index contributed by atoms with van der Waals surface area (Å²) >= 11 is 0. The summed E-state index contributed by atoms with van der Waals surface area (Å²) in [5.74, 6) is 0. The van der Waals surface area contributed by atoms with Gasteiger partial charge in [-0.05, 0) is 11.6 Å². The van der Waals surface area contributed by atoms with E-state index in [0.29, 0.717) is 0 Å². The largest absolute Gasteiger partial charge is 0.417 e. The summed E-state index contributed by atoms with van der Waals surface area (Å²) in [6, 6.07) is 6.21. The molecule has 0 spiro atoms. The maximum atomic E-state index is 12.8. The number of H-pyrrole nitrogens is 1. The maximum Gasteiger partial charge on any atom is 0.417 e. The minimum atomic E-state index is -4.47. The molecule has 0 atom stereocenters. The van der Waals surface area contributed by atoms with Crippen LogP contribution in [0.1, 0.15) is 5.56 Å². The summed E-state index contributed by atoms with van der Waals surface area (Å²) < 4.78 is 38.3. The number of hydrogen-bond acceptors (Lipinski definition) is 1. The standard InChI is InChI=1S/C12H8F3NO/c13-12(14,15)10-4-2-1-3-8(10)9-7-16-6-5-11(9)17/h1-7H,(H,16,17).